The number of carbonyl (C=O) groups is 2. The maximum Gasteiger partial charge on any atom is 0.410 e. The predicted octanol–water partition coefficient (Wildman–Crippen LogP) is 5.54. The lowest BCUT2D eigenvalue weighted by Crippen LogP contribution is -2.54. The maximum atomic E-state index is 14.3. The predicted molar refractivity (Wildman–Crippen MR) is 176 cm³/mol. The molecule has 1 aromatic carbocycles. The molecule has 1 N–H and O–H groups in total. The molecule has 3 aromatic rings. The first-order valence-electron chi connectivity index (χ1n) is 17.3. The van der Waals surface area contributed by atoms with Crippen molar-refractivity contribution in [1.82, 2.24) is 24.6 Å². The zero-order valence-electron chi connectivity index (χ0n) is 27.5. The molecular formula is C36H46N6O5. The van der Waals surface area contributed by atoms with Crippen LogP contribution in [0.1, 0.15) is 93.0 Å². The van der Waals surface area contributed by atoms with E-state index in [9.17, 15) is 14.7 Å². The molecule has 2 aromatic heterocycles. The summed E-state index contributed by atoms with van der Waals surface area (Å²) in [6.45, 7) is 3.37. The van der Waals surface area contributed by atoms with Crippen molar-refractivity contribution in [1.29, 1.82) is 0 Å². The molecule has 3 saturated carbocycles. The van der Waals surface area contributed by atoms with Gasteiger partial charge in [0.25, 0.3) is 0 Å². The standard InChI is InChI=1S/C36H46N6O5/c1-23-17-28(11-14-32(23)46-2)25-5-3-24(4-6-25)19-41(33-18-29(15-16-37-33)42-22-38-34(39-42)26-7-8-26)35(44)27-9-12-31(13-10-27)47-36(45)40-20-30(43)21-40/h11,14-18,22,24-27,30-31,43H,3-10,12-13,19-21H2,1-2H3. The molecule has 2 amide bonds. The summed E-state index contributed by atoms with van der Waals surface area (Å²) in [5.74, 6) is 3.72. The SMILES string of the molecule is COc1ccc(C2CCC(CN(C(=O)C3CCC(OC(=O)N4CC(O)C4)CC3)c3cc(-n4cnc(C5CC5)n4)ccn3)CC2)cc1C. The number of aliphatic hydroxyl groups excluding tert-OH is 1. The molecule has 47 heavy (non-hydrogen) atoms. The van der Waals surface area contributed by atoms with Crippen molar-refractivity contribution >= 4 is 17.8 Å². The zero-order valence-corrected chi connectivity index (χ0v) is 27.5. The molecule has 7 rings (SSSR count). The number of ether oxygens (including phenoxy) is 2. The summed E-state index contributed by atoms with van der Waals surface area (Å²) in [5.41, 5.74) is 3.37. The minimum absolute atomic E-state index is 0.0930. The fourth-order valence-corrected chi connectivity index (χ4v) is 7.48. The van der Waals surface area contributed by atoms with Crippen molar-refractivity contribution in [3.05, 3.63) is 59.8 Å². The number of likely N-dealkylation sites (tertiary alicyclic amines) is 1. The highest BCUT2D eigenvalue weighted by Gasteiger charge is 2.36. The third-order valence-electron chi connectivity index (χ3n) is 10.6. The second-order valence-electron chi connectivity index (χ2n) is 14.0. The van der Waals surface area contributed by atoms with Crippen LogP contribution in [0.4, 0.5) is 10.6 Å². The van der Waals surface area contributed by atoms with Crippen LogP contribution in [0.15, 0.2) is 42.9 Å². The smallest absolute Gasteiger partial charge is 0.410 e. The Morgan fingerprint density at radius 1 is 0.936 bits per heavy atom. The molecule has 1 saturated heterocycles. The number of pyridine rings is 1. The number of carbonyl (C=O) groups excluding carboxylic acids is 2. The Morgan fingerprint density at radius 2 is 1.68 bits per heavy atom. The zero-order chi connectivity index (χ0) is 32.5. The molecule has 0 unspecified atom stereocenters. The van der Waals surface area contributed by atoms with Crippen LogP contribution in [-0.4, -0.2) is 80.7 Å². The van der Waals surface area contributed by atoms with Crippen molar-refractivity contribution in [2.45, 2.75) is 95.2 Å². The van der Waals surface area contributed by atoms with E-state index >= 15 is 0 Å². The van der Waals surface area contributed by atoms with Gasteiger partial charge in [-0.3, -0.25) is 9.69 Å². The molecule has 0 bridgehead atoms. The van der Waals surface area contributed by atoms with Crippen molar-refractivity contribution in [3.8, 4) is 11.4 Å². The van der Waals surface area contributed by atoms with Gasteiger partial charge in [-0.1, -0.05) is 12.1 Å². The van der Waals surface area contributed by atoms with E-state index in [0.717, 1.165) is 61.3 Å². The van der Waals surface area contributed by atoms with Crippen molar-refractivity contribution in [2.75, 3.05) is 31.6 Å². The van der Waals surface area contributed by atoms with Crippen LogP contribution in [0.2, 0.25) is 0 Å². The lowest BCUT2D eigenvalue weighted by Gasteiger charge is -2.38. The monoisotopic (exact) mass is 642 g/mol. The quantitative estimate of drug-likeness (QED) is 0.323. The Hall–Kier alpha value is -3.99. The van der Waals surface area contributed by atoms with E-state index in [1.807, 2.05) is 17.0 Å². The Balaban J connectivity index is 1.04. The van der Waals surface area contributed by atoms with E-state index in [2.05, 4.69) is 30.1 Å². The Kier molecular flexibility index (Phi) is 9.16. The van der Waals surface area contributed by atoms with Crippen LogP contribution in [0, 0.1) is 18.8 Å². The largest absolute Gasteiger partial charge is 0.496 e. The number of amides is 2. The lowest BCUT2D eigenvalue weighted by atomic mass is 9.78. The molecule has 3 heterocycles. The van der Waals surface area contributed by atoms with Gasteiger partial charge in [0.2, 0.25) is 5.91 Å². The van der Waals surface area contributed by atoms with Gasteiger partial charge in [0.1, 0.15) is 24.0 Å². The number of benzene rings is 1. The van der Waals surface area contributed by atoms with Gasteiger partial charge in [-0.2, -0.15) is 5.10 Å². The lowest BCUT2D eigenvalue weighted by molar-refractivity contribution is -0.124. The van der Waals surface area contributed by atoms with Gasteiger partial charge >= 0.3 is 6.09 Å². The van der Waals surface area contributed by atoms with E-state index in [1.165, 1.54) is 10.5 Å². The molecule has 3 aliphatic carbocycles. The third kappa shape index (κ3) is 7.15. The molecular weight excluding hydrogens is 596 g/mol. The second-order valence-corrected chi connectivity index (χ2v) is 14.0. The number of hydrogen-bond donors (Lipinski definition) is 1. The van der Waals surface area contributed by atoms with Gasteiger partial charge in [0.05, 0.1) is 32.0 Å². The molecule has 4 aliphatic rings. The summed E-state index contributed by atoms with van der Waals surface area (Å²) < 4.78 is 13.0. The number of β-amino-alcohol motifs (C(OH)–C–C–N with tert-alkyl or cyclic N) is 1. The van der Waals surface area contributed by atoms with E-state index < -0.39 is 6.10 Å². The number of aromatic nitrogens is 4. The molecule has 0 radical (unpaired) electrons. The first-order chi connectivity index (χ1) is 22.8. The summed E-state index contributed by atoms with van der Waals surface area (Å²) in [7, 11) is 1.71. The molecule has 0 spiro atoms. The highest BCUT2D eigenvalue weighted by Crippen LogP contribution is 2.40. The fraction of sp³-hybridized carbons (Fsp3) is 0.583. The number of methoxy groups -OCH3 is 1. The summed E-state index contributed by atoms with van der Waals surface area (Å²) in [4.78, 5) is 39.4. The van der Waals surface area contributed by atoms with Gasteiger partial charge < -0.3 is 19.5 Å². The average Bonchev–Trinajstić information content (AvgIpc) is 3.81. The number of aliphatic hydroxyl groups is 1. The van der Waals surface area contributed by atoms with Crippen molar-refractivity contribution in [2.24, 2.45) is 11.8 Å². The number of hydrogen-bond acceptors (Lipinski definition) is 8. The molecule has 1 aliphatic heterocycles. The highest BCUT2D eigenvalue weighted by molar-refractivity contribution is 5.94. The van der Waals surface area contributed by atoms with Gasteiger partial charge in [0, 0.05) is 30.6 Å². The number of nitrogens with zero attached hydrogens (tertiary/aromatic N) is 6. The molecule has 250 valence electrons. The van der Waals surface area contributed by atoms with E-state index in [0.29, 0.717) is 68.9 Å². The second kappa shape index (κ2) is 13.6. The summed E-state index contributed by atoms with van der Waals surface area (Å²) in [6, 6.07) is 10.4. The third-order valence-corrected chi connectivity index (χ3v) is 10.6. The minimum Gasteiger partial charge on any atom is -0.496 e. The van der Waals surface area contributed by atoms with Crippen LogP contribution < -0.4 is 9.64 Å². The number of aryl methyl sites for hydroxylation is 1. The molecule has 4 fully saturated rings. The Bertz CT molecular complexity index is 1570. The van der Waals surface area contributed by atoms with Crippen LogP contribution in [-0.2, 0) is 9.53 Å². The fourth-order valence-electron chi connectivity index (χ4n) is 7.48. The maximum absolute atomic E-state index is 14.3. The normalized spacial score (nSPS) is 24.8. The van der Waals surface area contributed by atoms with Crippen LogP contribution >= 0.6 is 0 Å². The molecule has 11 nitrogen and oxygen atoms in total. The molecule has 0 atom stereocenters. The minimum atomic E-state index is -0.458. The summed E-state index contributed by atoms with van der Waals surface area (Å²) in [6.07, 6.45) is 11.6. The first-order valence-corrected chi connectivity index (χ1v) is 17.3. The van der Waals surface area contributed by atoms with E-state index in [-0.39, 0.29) is 24.0 Å². The average molecular weight is 643 g/mol. The summed E-state index contributed by atoms with van der Waals surface area (Å²) in [5, 5.41) is 14.2. The summed E-state index contributed by atoms with van der Waals surface area (Å²) >= 11 is 0. The number of anilines is 1. The van der Waals surface area contributed by atoms with Gasteiger partial charge in [-0.15, -0.1) is 0 Å². The van der Waals surface area contributed by atoms with Crippen LogP contribution in [0.25, 0.3) is 5.69 Å². The first kappa shape index (κ1) is 31.6. The van der Waals surface area contributed by atoms with Gasteiger partial charge in [-0.25, -0.2) is 19.4 Å². The van der Waals surface area contributed by atoms with Crippen LogP contribution in [0.5, 0.6) is 5.75 Å². The van der Waals surface area contributed by atoms with Gasteiger partial charge in [-0.05, 0) is 106 Å². The van der Waals surface area contributed by atoms with Crippen molar-refractivity contribution < 1.29 is 24.2 Å². The molecule has 11 heteroatoms. The van der Waals surface area contributed by atoms with Crippen LogP contribution in [0.3, 0.4) is 0 Å². The highest BCUT2D eigenvalue weighted by atomic mass is 16.6. The Labute approximate surface area is 276 Å². The van der Waals surface area contributed by atoms with E-state index in [4.69, 9.17) is 19.6 Å². The van der Waals surface area contributed by atoms with Gasteiger partial charge in [0.15, 0.2) is 5.82 Å². The number of rotatable bonds is 9. The van der Waals surface area contributed by atoms with Crippen molar-refractivity contribution in [3.63, 3.8) is 0 Å². The Morgan fingerprint density at radius 3 is 2.36 bits per heavy atom. The topological polar surface area (TPSA) is 123 Å². The van der Waals surface area contributed by atoms with E-state index in [1.54, 1.807) is 24.3 Å².